The highest BCUT2D eigenvalue weighted by molar-refractivity contribution is 5.72. The highest BCUT2D eigenvalue weighted by Gasteiger charge is 2.20. The van der Waals surface area contributed by atoms with Gasteiger partial charge in [0.2, 0.25) is 0 Å². The maximum Gasteiger partial charge on any atom is 0.274 e. The molecule has 1 aliphatic rings. The van der Waals surface area contributed by atoms with Crippen molar-refractivity contribution in [3.8, 4) is 0 Å². The van der Waals surface area contributed by atoms with Crippen LogP contribution in [0, 0.1) is 5.82 Å². The van der Waals surface area contributed by atoms with E-state index in [-0.39, 0.29) is 5.57 Å². The Morgan fingerprint density at radius 1 is 1.15 bits per heavy atom. The molecule has 0 aliphatic heterocycles. The zero-order valence-corrected chi connectivity index (χ0v) is 6.78. The van der Waals surface area contributed by atoms with E-state index in [2.05, 4.69) is 0 Å². The molecule has 1 aromatic rings. The van der Waals surface area contributed by atoms with Gasteiger partial charge in [-0.05, 0) is 36.1 Å². The summed E-state index contributed by atoms with van der Waals surface area (Å²) in [4.78, 5) is 0. The Balaban J connectivity index is 2.59. The maximum atomic E-state index is 12.7. The molecule has 0 unspecified atom stereocenters. The molecule has 0 aromatic heterocycles. The minimum atomic E-state index is -1.69. The summed E-state index contributed by atoms with van der Waals surface area (Å²) in [5.41, 5.74) is 1.18. The van der Waals surface area contributed by atoms with Gasteiger partial charge in [-0.25, -0.2) is 4.39 Å². The van der Waals surface area contributed by atoms with Crippen LogP contribution in [0.3, 0.4) is 0 Å². The molecule has 0 bridgehead atoms. The molecule has 1 aliphatic carbocycles. The molecule has 13 heavy (non-hydrogen) atoms. The molecule has 68 valence electrons. The van der Waals surface area contributed by atoms with Crippen LogP contribution in [0.4, 0.5) is 13.2 Å². The van der Waals surface area contributed by atoms with Crippen molar-refractivity contribution in [1.82, 2.24) is 0 Å². The van der Waals surface area contributed by atoms with Crippen molar-refractivity contribution in [2.75, 3.05) is 0 Å². The van der Waals surface area contributed by atoms with E-state index in [0.29, 0.717) is 18.4 Å². The molecular formula is C10H7F3. The van der Waals surface area contributed by atoms with E-state index >= 15 is 0 Å². The van der Waals surface area contributed by atoms with E-state index in [9.17, 15) is 13.2 Å². The normalized spacial score (nSPS) is 14.5. The quantitative estimate of drug-likeness (QED) is 0.579. The number of allylic oxidation sites excluding steroid dienone is 1. The van der Waals surface area contributed by atoms with Crippen LogP contribution >= 0.6 is 0 Å². The third-order valence-corrected chi connectivity index (χ3v) is 2.27. The van der Waals surface area contributed by atoms with Crippen molar-refractivity contribution in [3.63, 3.8) is 0 Å². The van der Waals surface area contributed by atoms with Crippen LogP contribution in [0.15, 0.2) is 24.3 Å². The first-order valence-electron chi connectivity index (χ1n) is 4.01. The lowest BCUT2D eigenvalue weighted by atomic mass is 10.1. The summed E-state index contributed by atoms with van der Waals surface area (Å²) in [7, 11) is 0. The van der Waals surface area contributed by atoms with Crippen molar-refractivity contribution in [1.29, 1.82) is 0 Å². The van der Waals surface area contributed by atoms with Crippen LogP contribution in [-0.4, -0.2) is 0 Å². The number of hydrogen-bond donors (Lipinski definition) is 0. The van der Waals surface area contributed by atoms with Gasteiger partial charge in [-0.3, -0.25) is 0 Å². The van der Waals surface area contributed by atoms with Crippen LogP contribution in [-0.2, 0) is 6.42 Å². The van der Waals surface area contributed by atoms with Crippen LogP contribution in [0.5, 0.6) is 0 Å². The third-order valence-electron chi connectivity index (χ3n) is 2.27. The SMILES string of the molecule is FC(F)=C1CCc2ccc(F)cc21. The van der Waals surface area contributed by atoms with Gasteiger partial charge in [0, 0.05) is 5.57 Å². The molecular weight excluding hydrogens is 177 g/mol. The summed E-state index contributed by atoms with van der Waals surface area (Å²) in [5.74, 6) is -0.459. The summed E-state index contributed by atoms with van der Waals surface area (Å²) >= 11 is 0. The lowest BCUT2D eigenvalue weighted by Crippen LogP contribution is -1.83. The summed E-state index contributed by atoms with van der Waals surface area (Å²) in [5, 5.41) is 0. The number of halogens is 3. The fourth-order valence-electron chi connectivity index (χ4n) is 1.64. The Kier molecular flexibility index (Phi) is 1.87. The van der Waals surface area contributed by atoms with Gasteiger partial charge in [-0.15, -0.1) is 0 Å². The highest BCUT2D eigenvalue weighted by atomic mass is 19.3. The average molecular weight is 184 g/mol. The van der Waals surface area contributed by atoms with Crippen LogP contribution in [0.25, 0.3) is 5.57 Å². The molecule has 0 radical (unpaired) electrons. The first-order chi connectivity index (χ1) is 6.18. The second-order valence-corrected chi connectivity index (χ2v) is 3.04. The molecule has 0 saturated carbocycles. The van der Waals surface area contributed by atoms with Gasteiger partial charge in [0.1, 0.15) is 5.82 Å². The van der Waals surface area contributed by atoms with Gasteiger partial charge in [-0.2, -0.15) is 8.78 Å². The predicted octanol–water partition coefficient (Wildman–Crippen LogP) is 3.38. The van der Waals surface area contributed by atoms with Crippen molar-refractivity contribution in [3.05, 3.63) is 41.2 Å². The summed E-state index contributed by atoms with van der Waals surface area (Å²) < 4.78 is 37.3. The monoisotopic (exact) mass is 184 g/mol. The van der Waals surface area contributed by atoms with E-state index in [0.717, 1.165) is 5.56 Å². The van der Waals surface area contributed by atoms with Gasteiger partial charge in [0.15, 0.2) is 0 Å². The van der Waals surface area contributed by atoms with Gasteiger partial charge in [0.25, 0.3) is 6.08 Å². The molecule has 0 amide bonds. The molecule has 0 N–H and O–H groups in total. The average Bonchev–Trinajstić information content (AvgIpc) is 2.46. The molecule has 0 nitrogen and oxygen atoms in total. The van der Waals surface area contributed by atoms with Gasteiger partial charge in [-0.1, -0.05) is 6.07 Å². The Morgan fingerprint density at radius 2 is 1.92 bits per heavy atom. The molecule has 0 atom stereocenters. The predicted molar refractivity (Wildman–Crippen MR) is 43.9 cm³/mol. The van der Waals surface area contributed by atoms with E-state index in [4.69, 9.17) is 0 Å². The Labute approximate surface area is 73.7 Å². The number of fused-ring (bicyclic) bond motifs is 1. The van der Waals surface area contributed by atoms with Gasteiger partial charge < -0.3 is 0 Å². The van der Waals surface area contributed by atoms with E-state index in [1.54, 1.807) is 6.07 Å². The molecule has 3 heteroatoms. The molecule has 0 spiro atoms. The molecule has 0 saturated heterocycles. The van der Waals surface area contributed by atoms with Crippen LogP contribution in [0.2, 0.25) is 0 Å². The maximum absolute atomic E-state index is 12.7. The molecule has 1 aromatic carbocycles. The fraction of sp³-hybridized carbons (Fsp3) is 0.200. The van der Waals surface area contributed by atoms with Gasteiger partial charge >= 0.3 is 0 Å². The first kappa shape index (κ1) is 8.35. The second-order valence-electron chi connectivity index (χ2n) is 3.04. The third kappa shape index (κ3) is 1.34. The Morgan fingerprint density at radius 3 is 2.62 bits per heavy atom. The largest absolute Gasteiger partial charge is 0.274 e. The Hall–Kier alpha value is -1.25. The number of rotatable bonds is 0. The van der Waals surface area contributed by atoms with Crippen molar-refractivity contribution in [2.45, 2.75) is 12.8 Å². The minimum Gasteiger partial charge on any atom is -0.207 e. The fourth-order valence-corrected chi connectivity index (χ4v) is 1.64. The lowest BCUT2D eigenvalue weighted by molar-refractivity contribution is 0.424. The number of aryl methyl sites for hydroxylation is 1. The van der Waals surface area contributed by atoms with E-state index in [1.165, 1.54) is 12.1 Å². The lowest BCUT2D eigenvalue weighted by Gasteiger charge is -1.99. The zero-order valence-electron chi connectivity index (χ0n) is 6.78. The summed E-state index contributed by atoms with van der Waals surface area (Å²) in [6.45, 7) is 0. The minimum absolute atomic E-state index is 0.00509. The van der Waals surface area contributed by atoms with Crippen LogP contribution < -0.4 is 0 Å². The first-order valence-corrected chi connectivity index (χ1v) is 4.01. The molecule has 0 heterocycles. The second kappa shape index (κ2) is 2.91. The van der Waals surface area contributed by atoms with E-state index in [1.807, 2.05) is 0 Å². The topological polar surface area (TPSA) is 0 Å². The summed E-state index contributed by atoms with van der Waals surface area (Å²) in [6.07, 6.45) is -0.784. The van der Waals surface area contributed by atoms with Crippen LogP contribution in [0.1, 0.15) is 17.5 Å². The van der Waals surface area contributed by atoms with Crippen molar-refractivity contribution >= 4 is 5.57 Å². The highest BCUT2D eigenvalue weighted by Crippen LogP contribution is 2.35. The standard InChI is InChI=1S/C10H7F3/c11-7-3-1-6-2-4-8(10(12)13)9(6)5-7/h1,3,5H,2,4H2. The number of hydrogen-bond acceptors (Lipinski definition) is 0. The zero-order chi connectivity index (χ0) is 9.42. The Bertz CT molecular complexity index is 376. The van der Waals surface area contributed by atoms with Gasteiger partial charge in [0.05, 0.1) is 0 Å². The molecule has 0 fully saturated rings. The number of benzene rings is 1. The van der Waals surface area contributed by atoms with E-state index < -0.39 is 11.9 Å². The van der Waals surface area contributed by atoms with Crippen molar-refractivity contribution < 1.29 is 13.2 Å². The molecule has 2 rings (SSSR count). The van der Waals surface area contributed by atoms with Crippen molar-refractivity contribution in [2.24, 2.45) is 0 Å². The summed E-state index contributed by atoms with van der Waals surface area (Å²) in [6, 6.07) is 4.05. The smallest absolute Gasteiger partial charge is 0.207 e.